The summed E-state index contributed by atoms with van der Waals surface area (Å²) in [4.78, 5) is 22.5. The number of amides is 1. The van der Waals surface area contributed by atoms with Gasteiger partial charge in [0, 0.05) is 18.7 Å². The van der Waals surface area contributed by atoms with Gasteiger partial charge in [-0.05, 0) is 32.6 Å². The molecule has 1 aliphatic rings. The second-order valence-corrected chi connectivity index (χ2v) is 5.19. The lowest BCUT2D eigenvalue weighted by atomic mass is 10.1. The number of likely N-dealkylation sites (tertiary alicyclic amines) is 1. The van der Waals surface area contributed by atoms with Gasteiger partial charge in [-0.15, -0.1) is 0 Å². The van der Waals surface area contributed by atoms with Gasteiger partial charge in [0.05, 0.1) is 0 Å². The van der Waals surface area contributed by atoms with E-state index in [1.54, 1.807) is 0 Å². The van der Waals surface area contributed by atoms with E-state index in [-0.39, 0.29) is 11.9 Å². The number of nitrogen functional groups attached to an aromatic ring is 1. The smallest absolute Gasteiger partial charge is 0.244 e. The minimum absolute atomic E-state index is 0.129. The van der Waals surface area contributed by atoms with Crippen LogP contribution in [0.5, 0.6) is 0 Å². The molecule has 6 nitrogen and oxygen atoms in total. The SMILES string of the molecule is CCc1c(N)ncnc1NC(C)C(=O)N1CCCCC1. The van der Waals surface area contributed by atoms with Gasteiger partial charge in [0.15, 0.2) is 0 Å². The summed E-state index contributed by atoms with van der Waals surface area (Å²) in [7, 11) is 0. The maximum absolute atomic E-state index is 12.4. The Morgan fingerprint density at radius 2 is 2.10 bits per heavy atom. The minimum Gasteiger partial charge on any atom is -0.383 e. The highest BCUT2D eigenvalue weighted by Gasteiger charge is 2.23. The fourth-order valence-corrected chi connectivity index (χ4v) is 2.55. The molecule has 2 heterocycles. The normalized spacial score (nSPS) is 16.8. The van der Waals surface area contributed by atoms with Crippen LogP contribution in [0.15, 0.2) is 6.33 Å². The molecule has 6 heteroatoms. The molecule has 0 saturated carbocycles. The van der Waals surface area contributed by atoms with Crippen molar-refractivity contribution in [3.05, 3.63) is 11.9 Å². The van der Waals surface area contributed by atoms with Gasteiger partial charge in [-0.25, -0.2) is 9.97 Å². The lowest BCUT2D eigenvalue weighted by molar-refractivity contribution is -0.132. The van der Waals surface area contributed by atoms with E-state index in [1.807, 2.05) is 18.7 Å². The van der Waals surface area contributed by atoms with Crippen molar-refractivity contribution >= 4 is 17.5 Å². The molecular weight excluding hydrogens is 254 g/mol. The molecule has 1 aromatic heterocycles. The van der Waals surface area contributed by atoms with Crippen molar-refractivity contribution in [2.75, 3.05) is 24.1 Å². The van der Waals surface area contributed by atoms with E-state index >= 15 is 0 Å². The molecule has 1 unspecified atom stereocenters. The standard InChI is InChI=1S/C14H23N5O/c1-3-11-12(15)16-9-17-13(11)18-10(2)14(20)19-7-5-4-6-8-19/h9-10H,3-8H2,1-2H3,(H3,15,16,17,18). The number of nitrogens with zero attached hydrogens (tertiary/aromatic N) is 3. The van der Waals surface area contributed by atoms with E-state index in [9.17, 15) is 4.79 Å². The molecule has 0 aliphatic carbocycles. The predicted molar refractivity (Wildman–Crippen MR) is 79.3 cm³/mol. The Hall–Kier alpha value is -1.85. The highest BCUT2D eigenvalue weighted by Crippen LogP contribution is 2.19. The monoisotopic (exact) mass is 277 g/mol. The Labute approximate surface area is 119 Å². The summed E-state index contributed by atoms with van der Waals surface area (Å²) in [5, 5.41) is 3.18. The molecule has 1 aliphatic heterocycles. The Morgan fingerprint density at radius 1 is 1.40 bits per heavy atom. The first kappa shape index (κ1) is 14.6. The molecule has 1 atom stereocenters. The van der Waals surface area contributed by atoms with Crippen molar-refractivity contribution in [1.82, 2.24) is 14.9 Å². The highest BCUT2D eigenvalue weighted by atomic mass is 16.2. The fourth-order valence-electron chi connectivity index (χ4n) is 2.55. The topological polar surface area (TPSA) is 84.1 Å². The molecule has 0 radical (unpaired) electrons. The van der Waals surface area contributed by atoms with Gasteiger partial charge in [-0.3, -0.25) is 4.79 Å². The van der Waals surface area contributed by atoms with E-state index in [0.717, 1.165) is 37.9 Å². The number of hydrogen-bond acceptors (Lipinski definition) is 5. The molecule has 0 bridgehead atoms. The molecule has 1 fully saturated rings. The third-order valence-corrected chi connectivity index (χ3v) is 3.72. The number of nitrogens with one attached hydrogen (secondary N) is 1. The van der Waals surface area contributed by atoms with Crippen molar-refractivity contribution < 1.29 is 4.79 Å². The number of nitrogens with two attached hydrogens (primary N) is 1. The predicted octanol–water partition coefficient (Wildman–Crippen LogP) is 1.43. The van der Waals surface area contributed by atoms with Crippen molar-refractivity contribution in [1.29, 1.82) is 0 Å². The number of aromatic nitrogens is 2. The van der Waals surface area contributed by atoms with Crippen LogP contribution in [0.25, 0.3) is 0 Å². The quantitative estimate of drug-likeness (QED) is 0.870. The van der Waals surface area contributed by atoms with Gasteiger partial charge < -0.3 is 16.0 Å². The number of rotatable bonds is 4. The number of piperidine rings is 1. The molecule has 2 rings (SSSR count). The zero-order chi connectivity index (χ0) is 14.5. The van der Waals surface area contributed by atoms with Crippen LogP contribution in [0.3, 0.4) is 0 Å². The third kappa shape index (κ3) is 3.18. The average Bonchev–Trinajstić information content (AvgIpc) is 2.47. The van der Waals surface area contributed by atoms with Crippen LogP contribution < -0.4 is 11.1 Å². The van der Waals surface area contributed by atoms with Gasteiger partial charge in [0.1, 0.15) is 24.0 Å². The number of carbonyl (C=O) groups excluding carboxylic acids is 1. The summed E-state index contributed by atoms with van der Waals surface area (Å²) < 4.78 is 0. The van der Waals surface area contributed by atoms with Crippen LogP contribution in [0.2, 0.25) is 0 Å². The second-order valence-electron chi connectivity index (χ2n) is 5.19. The van der Waals surface area contributed by atoms with Gasteiger partial charge in [-0.2, -0.15) is 0 Å². The van der Waals surface area contributed by atoms with E-state index in [2.05, 4.69) is 15.3 Å². The van der Waals surface area contributed by atoms with Crippen molar-refractivity contribution in [3.8, 4) is 0 Å². The summed E-state index contributed by atoms with van der Waals surface area (Å²) in [6.07, 6.45) is 5.57. The van der Waals surface area contributed by atoms with E-state index in [1.165, 1.54) is 12.7 Å². The minimum atomic E-state index is -0.298. The van der Waals surface area contributed by atoms with Gasteiger partial charge in [0.2, 0.25) is 5.91 Å². The summed E-state index contributed by atoms with van der Waals surface area (Å²) in [6, 6.07) is -0.298. The molecule has 1 saturated heterocycles. The Morgan fingerprint density at radius 3 is 2.75 bits per heavy atom. The molecule has 0 aromatic carbocycles. The van der Waals surface area contributed by atoms with Crippen LogP contribution >= 0.6 is 0 Å². The summed E-state index contributed by atoms with van der Waals surface area (Å²) in [6.45, 7) is 5.58. The zero-order valence-electron chi connectivity index (χ0n) is 12.2. The Balaban J connectivity index is 2.05. The van der Waals surface area contributed by atoms with Gasteiger partial charge >= 0.3 is 0 Å². The van der Waals surface area contributed by atoms with Gasteiger partial charge in [0.25, 0.3) is 0 Å². The fraction of sp³-hybridized carbons (Fsp3) is 0.643. The van der Waals surface area contributed by atoms with Crippen LogP contribution in [-0.4, -0.2) is 39.9 Å². The number of anilines is 2. The lowest BCUT2D eigenvalue weighted by Gasteiger charge is -2.29. The van der Waals surface area contributed by atoms with E-state index < -0.39 is 0 Å². The van der Waals surface area contributed by atoms with E-state index in [0.29, 0.717) is 11.6 Å². The van der Waals surface area contributed by atoms with Crippen molar-refractivity contribution in [3.63, 3.8) is 0 Å². The van der Waals surface area contributed by atoms with Crippen LogP contribution in [0.4, 0.5) is 11.6 Å². The highest BCUT2D eigenvalue weighted by molar-refractivity contribution is 5.84. The molecule has 3 N–H and O–H groups in total. The average molecular weight is 277 g/mol. The molecular formula is C14H23N5O. The van der Waals surface area contributed by atoms with Gasteiger partial charge in [-0.1, -0.05) is 6.92 Å². The Bertz CT molecular complexity index is 471. The molecule has 1 amide bonds. The molecule has 1 aromatic rings. The third-order valence-electron chi connectivity index (χ3n) is 3.72. The molecule has 20 heavy (non-hydrogen) atoms. The van der Waals surface area contributed by atoms with Crippen LogP contribution in [0, 0.1) is 0 Å². The first-order valence-electron chi connectivity index (χ1n) is 7.28. The lowest BCUT2D eigenvalue weighted by Crippen LogP contribution is -2.44. The maximum atomic E-state index is 12.4. The number of hydrogen-bond donors (Lipinski definition) is 2. The van der Waals surface area contributed by atoms with Crippen LogP contribution in [-0.2, 0) is 11.2 Å². The summed E-state index contributed by atoms with van der Waals surface area (Å²) in [5.74, 6) is 1.27. The largest absolute Gasteiger partial charge is 0.383 e. The summed E-state index contributed by atoms with van der Waals surface area (Å²) >= 11 is 0. The Kier molecular flexibility index (Phi) is 4.76. The first-order chi connectivity index (χ1) is 9.63. The second kappa shape index (κ2) is 6.54. The maximum Gasteiger partial charge on any atom is 0.244 e. The van der Waals surface area contributed by atoms with Crippen molar-refractivity contribution in [2.24, 2.45) is 0 Å². The van der Waals surface area contributed by atoms with Crippen molar-refractivity contribution in [2.45, 2.75) is 45.6 Å². The molecule has 110 valence electrons. The summed E-state index contributed by atoms with van der Waals surface area (Å²) in [5.41, 5.74) is 6.71. The van der Waals surface area contributed by atoms with E-state index in [4.69, 9.17) is 5.73 Å². The number of carbonyl (C=O) groups is 1. The van der Waals surface area contributed by atoms with Crippen LogP contribution in [0.1, 0.15) is 38.7 Å². The first-order valence-corrected chi connectivity index (χ1v) is 7.28. The zero-order valence-corrected chi connectivity index (χ0v) is 12.2. The molecule has 0 spiro atoms.